The van der Waals surface area contributed by atoms with E-state index >= 15 is 0 Å². The molecule has 0 fully saturated rings. The number of ether oxygens (including phenoxy) is 2. The van der Waals surface area contributed by atoms with Crippen molar-refractivity contribution < 1.29 is 32.6 Å². The Morgan fingerprint density at radius 3 is 2.33 bits per heavy atom. The Bertz CT molecular complexity index is 929. The lowest BCUT2D eigenvalue weighted by Crippen LogP contribution is -2.35. The molecular weight excluding hydrogens is 398 g/mol. The molecule has 7 nitrogen and oxygen atoms in total. The minimum atomic E-state index is -2.98. The largest absolute Gasteiger partial charge is 0.493 e. The third-order valence-electron chi connectivity index (χ3n) is 4.62. The van der Waals surface area contributed by atoms with Crippen molar-refractivity contribution in [3.63, 3.8) is 0 Å². The van der Waals surface area contributed by atoms with Gasteiger partial charge in [0, 0.05) is 19.5 Å². The Hall–Kier alpha value is -3.49. The number of benzene rings is 2. The number of nitrogens with one attached hydrogen (secondary N) is 1. The van der Waals surface area contributed by atoms with Crippen LogP contribution < -0.4 is 14.8 Å². The first-order valence-electron chi connectivity index (χ1n) is 9.24. The predicted octanol–water partition coefficient (Wildman–Crippen LogP) is 2.64. The Balaban J connectivity index is 1.48. The molecule has 158 valence electrons. The minimum Gasteiger partial charge on any atom is -0.493 e. The van der Waals surface area contributed by atoms with Crippen LogP contribution in [-0.2, 0) is 11.2 Å². The van der Waals surface area contributed by atoms with Crippen LogP contribution in [0.25, 0.3) is 0 Å². The van der Waals surface area contributed by atoms with Crippen LogP contribution in [0.5, 0.6) is 11.5 Å². The summed E-state index contributed by atoms with van der Waals surface area (Å²) in [7, 11) is 1.35. The number of carbonyl (C=O) groups excluding carboxylic acids is 3. The van der Waals surface area contributed by atoms with Crippen LogP contribution >= 0.6 is 0 Å². The number of nitrogens with zero attached hydrogens (tertiary/aromatic N) is 1. The molecule has 0 unspecified atom stereocenters. The number of rotatable bonds is 9. The van der Waals surface area contributed by atoms with Gasteiger partial charge in [-0.05, 0) is 36.2 Å². The minimum absolute atomic E-state index is 0.0207. The molecular formula is C21H20F2N2O5. The van der Waals surface area contributed by atoms with E-state index in [2.05, 4.69) is 10.1 Å². The zero-order valence-electron chi connectivity index (χ0n) is 16.2. The molecule has 0 spiro atoms. The van der Waals surface area contributed by atoms with E-state index in [1.54, 1.807) is 30.3 Å². The van der Waals surface area contributed by atoms with Crippen LogP contribution in [0, 0.1) is 0 Å². The third kappa shape index (κ3) is 4.73. The van der Waals surface area contributed by atoms with Crippen LogP contribution in [0.2, 0.25) is 0 Å². The van der Waals surface area contributed by atoms with Crippen molar-refractivity contribution in [2.75, 3.05) is 20.2 Å². The number of halogens is 2. The van der Waals surface area contributed by atoms with Gasteiger partial charge in [-0.15, -0.1) is 0 Å². The molecule has 2 aromatic carbocycles. The van der Waals surface area contributed by atoms with Gasteiger partial charge in [-0.1, -0.05) is 18.2 Å². The molecule has 0 bridgehead atoms. The average Bonchev–Trinajstić information content (AvgIpc) is 2.96. The SMILES string of the molecule is COc1ccc(CCNC(=O)CCN2C(=O)c3ccccc3C2=O)cc1OC(F)F. The van der Waals surface area contributed by atoms with E-state index in [1.807, 2.05) is 0 Å². The van der Waals surface area contributed by atoms with Crippen LogP contribution in [0.3, 0.4) is 0 Å². The van der Waals surface area contributed by atoms with Crippen molar-refractivity contribution in [2.24, 2.45) is 0 Å². The summed E-state index contributed by atoms with van der Waals surface area (Å²) in [5.41, 5.74) is 1.35. The summed E-state index contributed by atoms with van der Waals surface area (Å²) in [5, 5.41) is 2.69. The molecule has 0 aromatic heterocycles. The van der Waals surface area contributed by atoms with Gasteiger partial charge >= 0.3 is 6.61 Å². The summed E-state index contributed by atoms with van der Waals surface area (Å²) in [6, 6.07) is 11.1. The molecule has 2 aromatic rings. The molecule has 30 heavy (non-hydrogen) atoms. The zero-order chi connectivity index (χ0) is 21.7. The first-order valence-corrected chi connectivity index (χ1v) is 9.24. The molecule has 0 saturated carbocycles. The standard InChI is InChI=1S/C21H20F2N2O5/c1-29-16-7-6-13(12-17(16)30-21(22)23)8-10-24-18(26)9-11-25-19(27)14-4-2-3-5-15(14)20(25)28/h2-7,12,21H,8-11H2,1H3,(H,24,26). The smallest absolute Gasteiger partial charge is 0.387 e. The fraction of sp³-hybridized carbons (Fsp3) is 0.286. The Kier molecular flexibility index (Phi) is 6.61. The van der Waals surface area contributed by atoms with Crippen LogP contribution in [0.4, 0.5) is 8.78 Å². The van der Waals surface area contributed by atoms with Gasteiger partial charge in [0.05, 0.1) is 18.2 Å². The monoisotopic (exact) mass is 418 g/mol. The van der Waals surface area contributed by atoms with Gasteiger partial charge in [0.2, 0.25) is 5.91 Å². The van der Waals surface area contributed by atoms with Gasteiger partial charge in [-0.3, -0.25) is 19.3 Å². The maximum atomic E-state index is 12.5. The maximum absolute atomic E-state index is 12.5. The summed E-state index contributed by atoms with van der Waals surface area (Å²) in [5.74, 6) is -1.04. The van der Waals surface area contributed by atoms with E-state index < -0.39 is 18.4 Å². The van der Waals surface area contributed by atoms with Crippen molar-refractivity contribution in [2.45, 2.75) is 19.5 Å². The molecule has 0 atom stereocenters. The van der Waals surface area contributed by atoms with Gasteiger partial charge in [0.1, 0.15) is 0 Å². The highest BCUT2D eigenvalue weighted by molar-refractivity contribution is 6.21. The van der Waals surface area contributed by atoms with Gasteiger partial charge in [-0.2, -0.15) is 8.78 Å². The number of hydrogen-bond donors (Lipinski definition) is 1. The normalized spacial score (nSPS) is 12.9. The summed E-state index contributed by atoms with van der Waals surface area (Å²) < 4.78 is 34.4. The average molecular weight is 418 g/mol. The highest BCUT2D eigenvalue weighted by Crippen LogP contribution is 2.29. The quantitative estimate of drug-likeness (QED) is 0.633. The van der Waals surface area contributed by atoms with Crippen LogP contribution in [0.15, 0.2) is 42.5 Å². The number of amides is 3. The Morgan fingerprint density at radius 2 is 1.73 bits per heavy atom. The van der Waals surface area contributed by atoms with Crippen molar-refractivity contribution >= 4 is 17.7 Å². The molecule has 3 rings (SSSR count). The maximum Gasteiger partial charge on any atom is 0.387 e. The van der Waals surface area contributed by atoms with Gasteiger partial charge in [-0.25, -0.2) is 0 Å². The second-order valence-electron chi connectivity index (χ2n) is 6.52. The number of carbonyl (C=O) groups is 3. The molecule has 0 radical (unpaired) electrons. The first-order chi connectivity index (χ1) is 14.4. The summed E-state index contributed by atoms with van der Waals surface area (Å²) in [6.45, 7) is -2.75. The highest BCUT2D eigenvalue weighted by atomic mass is 19.3. The van der Waals surface area contributed by atoms with E-state index in [9.17, 15) is 23.2 Å². The highest BCUT2D eigenvalue weighted by Gasteiger charge is 2.34. The Labute approximate surface area is 171 Å². The molecule has 3 amide bonds. The van der Waals surface area contributed by atoms with Crippen molar-refractivity contribution in [3.05, 3.63) is 59.2 Å². The van der Waals surface area contributed by atoms with Gasteiger partial charge in [0.15, 0.2) is 11.5 Å². The fourth-order valence-corrected chi connectivity index (χ4v) is 3.15. The summed E-state index contributed by atoms with van der Waals surface area (Å²) >= 11 is 0. The molecule has 0 saturated heterocycles. The fourth-order valence-electron chi connectivity index (χ4n) is 3.15. The van der Waals surface area contributed by atoms with E-state index in [4.69, 9.17) is 4.74 Å². The van der Waals surface area contributed by atoms with Crippen molar-refractivity contribution in [3.8, 4) is 11.5 Å². The molecule has 0 aliphatic carbocycles. The van der Waals surface area contributed by atoms with Gasteiger partial charge < -0.3 is 14.8 Å². The molecule has 1 aliphatic heterocycles. The molecule has 1 aliphatic rings. The van der Waals surface area contributed by atoms with E-state index in [0.29, 0.717) is 23.1 Å². The second-order valence-corrected chi connectivity index (χ2v) is 6.52. The first kappa shape index (κ1) is 21.2. The van der Waals surface area contributed by atoms with Crippen LogP contribution in [-0.4, -0.2) is 49.4 Å². The molecule has 1 N–H and O–H groups in total. The van der Waals surface area contributed by atoms with E-state index in [-0.39, 0.29) is 36.9 Å². The number of hydrogen-bond acceptors (Lipinski definition) is 5. The zero-order valence-corrected chi connectivity index (χ0v) is 16.2. The number of fused-ring (bicyclic) bond motifs is 1. The lowest BCUT2D eigenvalue weighted by atomic mass is 10.1. The number of alkyl halides is 2. The molecule has 1 heterocycles. The number of imide groups is 1. The third-order valence-corrected chi connectivity index (χ3v) is 4.62. The van der Waals surface area contributed by atoms with E-state index in [0.717, 1.165) is 4.90 Å². The Morgan fingerprint density at radius 1 is 1.07 bits per heavy atom. The number of methoxy groups -OCH3 is 1. The van der Waals surface area contributed by atoms with Crippen molar-refractivity contribution in [1.82, 2.24) is 10.2 Å². The predicted molar refractivity (Wildman–Crippen MR) is 103 cm³/mol. The molecule has 9 heteroatoms. The lowest BCUT2D eigenvalue weighted by molar-refractivity contribution is -0.121. The topological polar surface area (TPSA) is 84.9 Å². The van der Waals surface area contributed by atoms with Crippen molar-refractivity contribution in [1.29, 1.82) is 0 Å². The van der Waals surface area contributed by atoms with Crippen LogP contribution in [0.1, 0.15) is 32.7 Å². The van der Waals surface area contributed by atoms with E-state index in [1.165, 1.54) is 19.2 Å². The lowest BCUT2D eigenvalue weighted by Gasteiger charge is -2.14. The summed E-state index contributed by atoms with van der Waals surface area (Å²) in [6.07, 6.45) is 0.343. The second kappa shape index (κ2) is 9.34. The van der Waals surface area contributed by atoms with Gasteiger partial charge in [0.25, 0.3) is 11.8 Å². The summed E-state index contributed by atoms with van der Waals surface area (Å²) in [4.78, 5) is 37.7.